The second-order valence-corrected chi connectivity index (χ2v) is 4.11. The zero-order valence-corrected chi connectivity index (χ0v) is 10.4. The normalized spacial score (nSPS) is 13.4. The number of hydrogen-bond acceptors (Lipinski definition) is 2. The van der Waals surface area contributed by atoms with Crippen LogP contribution in [0.1, 0.15) is 34.1 Å². The molecule has 0 rings (SSSR count). The lowest BCUT2D eigenvalue weighted by Crippen LogP contribution is -2.48. The van der Waals surface area contributed by atoms with Crippen LogP contribution in [0.15, 0.2) is 0 Å². The first-order valence-corrected chi connectivity index (χ1v) is 5.42. The van der Waals surface area contributed by atoms with E-state index in [1.807, 2.05) is 30.8 Å². The lowest BCUT2D eigenvalue weighted by atomic mass is 10.1. The average Bonchev–Trinajstić information content (AvgIpc) is 2.04. The van der Waals surface area contributed by atoms with Crippen LogP contribution in [0.4, 0.5) is 0 Å². The maximum Gasteiger partial charge on any atom is 0.240 e. The topological polar surface area (TPSA) is 23.6 Å². The van der Waals surface area contributed by atoms with Crippen molar-refractivity contribution in [1.29, 1.82) is 0 Å². The molecule has 3 heteroatoms. The fourth-order valence-electron chi connectivity index (χ4n) is 1.73. The van der Waals surface area contributed by atoms with Crippen LogP contribution in [0, 0.1) is 0 Å². The number of nitrogens with zero attached hydrogens (tertiary/aromatic N) is 2. The molecule has 0 heterocycles. The highest BCUT2D eigenvalue weighted by Crippen LogP contribution is 2.07. The molecule has 0 aliphatic rings. The molecule has 0 bridgehead atoms. The van der Waals surface area contributed by atoms with E-state index in [-0.39, 0.29) is 11.9 Å². The summed E-state index contributed by atoms with van der Waals surface area (Å²) >= 11 is 0. The van der Waals surface area contributed by atoms with E-state index >= 15 is 0 Å². The van der Waals surface area contributed by atoms with Crippen LogP contribution in [0.5, 0.6) is 0 Å². The van der Waals surface area contributed by atoms with Crippen LogP contribution in [0.2, 0.25) is 0 Å². The van der Waals surface area contributed by atoms with Crippen LogP contribution in [-0.4, -0.2) is 48.4 Å². The highest BCUT2D eigenvalue weighted by Gasteiger charge is 2.24. The van der Waals surface area contributed by atoms with E-state index in [2.05, 4.69) is 20.8 Å². The van der Waals surface area contributed by atoms with Crippen molar-refractivity contribution in [2.45, 2.75) is 46.2 Å². The predicted octanol–water partition coefficient (Wildman–Crippen LogP) is 1.58. The third kappa shape index (κ3) is 3.29. The van der Waals surface area contributed by atoms with E-state index in [0.29, 0.717) is 6.04 Å². The Morgan fingerprint density at radius 2 is 1.71 bits per heavy atom. The lowest BCUT2D eigenvalue weighted by molar-refractivity contribution is -0.137. The first-order valence-electron chi connectivity index (χ1n) is 5.42. The van der Waals surface area contributed by atoms with E-state index in [1.54, 1.807) is 0 Å². The second kappa shape index (κ2) is 6.02. The van der Waals surface area contributed by atoms with Gasteiger partial charge in [0, 0.05) is 12.6 Å². The Kier molecular flexibility index (Phi) is 5.77. The SMILES string of the molecule is CCC(C(=O)N(CC)C(C)C)N(C)C. The second-order valence-electron chi connectivity index (χ2n) is 4.11. The van der Waals surface area contributed by atoms with Gasteiger partial charge in [-0.05, 0) is 41.3 Å². The van der Waals surface area contributed by atoms with E-state index in [9.17, 15) is 4.79 Å². The molecular weight excluding hydrogens is 176 g/mol. The first kappa shape index (κ1) is 13.4. The van der Waals surface area contributed by atoms with E-state index in [1.165, 1.54) is 0 Å². The van der Waals surface area contributed by atoms with Crippen LogP contribution >= 0.6 is 0 Å². The Labute approximate surface area is 88.1 Å². The Hall–Kier alpha value is -0.570. The van der Waals surface area contributed by atoms with Crippen LogP contribution in [-0.2, 0) is 4.79 Å². The number of amides is 1. The molecule has 14 heavy (non-hydrogen) atoms. The molecular formula is C11H24N2O. The maximum absolute atomic E-state index is 12.1. The Balaban J connectivity index is 4.54. The van der Waals surface area contributed by atoms with Gasteiger partial charge in [-0.3, -0.25) is 9.69 Å². The van der Waals surface area contributed by atoms with Gasteiger partial charge in [0.15, 0.2) is 0 Å². The molecule has 1 amide bonds. The van der Waals surface area contributed by atoms with Crippen molar-refractivity contribution in [2.24, 2.45) is 0 Å². The number of rotatable bonds is 5. The summed E-state index contributed by atoms with van der Waals surface area (Å²) in [6.07, 6.45) is 0.870. The van der Waals surface area contributed by atoms with Gasteiger partial charge in [0.1, 0.15) is 0 Å². The van der Waals surface area contributed by atoms with Crippen LogP contribution in [0.3, 0.4) is 0 Å². The zero-order valence-electron chi connectivity index (χ0n) is 10.4. The van der Waals surface area contributed by atoms with Gasteiger partial charge in [0.05, 0.1) is 6.04 Å². The van der Waals surface area contributed by atoms with E-state index < -0.39 is 0 Å². The fraction of sp³-hybridized carbons (Fsp3) is 0.909. The Morgan fingerprint density at radius 1 is 1.21 bits per heavy atom. The monoisotopic (exact) mass is 200 g/mol. The molecule has 0 aromatic rings. The number of likely N-dealkylation sites (N-methyl/N-ethyl adjacent to an activating group) is 2. The summed E-state index contributed by atoms with van der Waals surface area (Å²) < 4.78 is 0. The summed E-state index contributed by atoms with van der Waals surface area (Å²) in [6.45, 7) is 8.99. The van der Waals surface area contributed by atoms with Crippen molar-refractivity contribution < 1.29 is 4.79 Å². The van der Waals surface area contributed by atoms with Gasteiger partial charge in [0.2, 0.25) is 5.91 Å². The number of carbonyl (C=O) groups is 1. The van der Waals surface area contributed by atoms with Gasteiger partial charge in [0.25, 0.3) is 0 Å². The molecule has 0 radical (unpaired) electrons. The molecule has 0 aliphatic carbocycles. The standard InChI is InChI=1S/C11H24N2O/c1-7-10(12(5)6)11(14)13(8-2)9(3)4/h9-10H,7-8H2,1-6H3. The van der Waals surface area contributed by atoms with Gasteiger partial charge in [-0.2, -0.15) is 0 Å². The van der Waals surface area contributed by atoms with E-state index in [0.717, 1.165) is 13.0 Å². The van der Waals surface area contributed by atoms with Crippen LogP contribution < -0.4 is 0 Å². The van der Waals surface area contributed by atoms with Crippen molar-refractivity contribution in [3.05, 3.63) is 0 Å². The highest BCUT2D eigenvalue weighted by atomic mass is 16.2. The van der Waals surface area contributed by atoms with Crippen molar-refractivity contribution in [2.75, 3.05) is 20.6 Å². The van der Waals surface area contributed by atoms with Gasteiger partial charge >= 0.3 is 0 Å². The minimum atomic E-state index is 0.0253. The molecule has 84 valence electrons. The van der Waals surface area contributed by atoms with Crippen molar-refractivity contribution in [3.63, 3.8) is 0 Å². The summed E-state index contributed by atoms with van der Waals surface area (Å²) in [7, 11) is 3.92. The molecule has 3 nitrogen and oxygen atoms in total. The smallest absolute Gasteiger partial charge is 0.240 e. The lowest BCUT2D eigenvalue weighted by Gasteiger charge is -2.32. The summed E-state index contributed by atoms with van der Waals surface area (Å²) in [6, 6.07) is 0.318. The Morgan fingerprint density at radius 3 is 1.93 bits per heavy atom. The molecule has 0 saturated heterocycles. The summed E-state index contributed by atoms with van der Waals surface area (Å²) in [5.74, 6) is 0.245. The van der Waals surface area contributed by atoms with Gasteiger partial charge in [-0.15, -0.1) is 0 Å². The summed E-state index contributed by atoms with van der Waals surface area (Å²) in [5, 5.41) is 0. The van der Waals surface area contributed by atoms with Crippen molar-refractivity contribution in [3.8, 4) is 0 Å². The minimum absolute atomic E-state index is 0.0253. The quantitative estimate of drug-likeness (QED) is 0.673. The van der Waals surface area contributed by atoms with Crippen molar-refractivity contribution >= 4 is 5.91 Å². The molecule has 0 fully saturated rings. The maximum atomic E-state index is 12.1. The molecule has 0 aliphatic heterocycles. The van der Waals surface area contributed by atoms with Gasteiger partial charge < -0.3 is 4.90 Å². The number of carbonyl (C=O) groups excluding carboxylic acids is 1. The molecule has 0 aromatic heterocycles. The molecule has 0 aromatic carbocycles. The molecule has 0 saturated carbocycles. The highest BCUT2D eigenvalue weighted by molar-refractivity contribution is 5.82. The number of hydrogen-bond donors (Lipinski definition) is 0. The van der Waals surface area contributed by atoms with Crippen LogP contribution in [0.25, 0.3) is 0 Å². The first-order chi connectivity index (χ1) is 6.45. The molecule has 0 spiro atoms. The largest absolute Gasteiger partial charge is 0.339 e. The minimum Gasteiger partial charge on any atom is -0.339 e. The molecule has 0 N–H and O–H groups in total. The molecule has 1 unspecified atom stereocenters. The van der Waals surface area contributed by atoms with Gasteiger partial charge in [-0.1, -0.05) is 6.92 Å². The van der Waals surface area contributed by atoms with Crippen molar-refractivity contribution in [1.82, 2.24) is 9.80 Å². The average molecular weight is 200 g/mol. The van der Waals surface area contributed by atoms with Gasteiger partial charge in [-0.25, -0.2) is 0 Å². The fourth-order valence-corrected chi connectivity index (χ4v) is 1.73. The summed E-state index contributed by atoms with van der Waals surface area (Å²) in [5.41, 5.74) is 0. The molecule has 1 atom stereocenters. The zero-order chi connectivity index (χ0) is 11.3. The summed E-state index contributed by atoms with van der Waals surface area (Å²) in [4.78, 5) is 16.0. The third-order valence-corrected chi connectivity index (χ3v) is 2.54. The van der Waals surface area contributed by atoms with E-state index in [4.69, 9.17) is 0 Å². The Bertz CT molecular complexity index is 160. The predicted molar refractivity (Wildman–Crippen MR) is 60.3 cm³/mol. The third-order valence-electron chi connectivity index (χ3n) is 2.54.